The molecule has 0 aliphatic rings. The number of benzene rings is 3. The molecule has 36 heavy (non-hydrogen) atoms. The van der Waals surface area contributed by atoms with Crippen molar-refractivity contribution in [2.75, 3.05) is 12.4 Å². The van der Waals surface area contributed by atoms with Crippen LogP contribution in [0.5, 0.6) is 11.8 Å². The SMILES string of the molecule is COc1ccc(-c2nc(OCc3ccc(F)cc3)nn2-c2ccc(NC(=O)c3ccco3)cc2)cc1. The fourth-order valence-corrected chi connectivity index (χ4v) is 3.48. The number of anilines is 1. The molecule has 5 aromatic rings. The van der Waals surface area contributed by atoms with Gasteiger partial charge < -0.3 is 19.2 Å². The number of nitrogens with one attached hydrogen (secondary N) is 1. The summed E-state index contributed by atoms with van der Waals surface area (Å²) in [6.07, 6.45) is 1.44. The second kappa shape index (κ2) is 10.1. The summed E-state index contributed by atoms with van der Waals surface area (Å²) in [4.78, 5) is 16.8. The molecule has 2 heterocycles. The van der Waals surface area contributed by atoms with Gasteiger partial charge in [0.05, 0.1) is 19.1 Å². The van der Waals surface area contributed by atoms with Crippen molar-refractivity contribution in [2.45, 2.75) is 6.61 Å². The quantitative estimate of drug-likeness (QED) is 0.312. The lowest BCUT2D eigenvalue weighted by atomic mass is 10.2. The molecule has 9 heteroatoms. The average molecular weight is 484 g/mol. The Bertz CT molecular complexity index is 1450. The van der Waals surface area contributed by atoms with Crippen LogP contribution in [0.1, 0.15) is 16.1 Å². The van der Waals surface area contributed by atoms with Crippen LogP contribution in [0, 0.1) is 5.82 Å². The molecule has 0 fully saturated rings. The Hall–Kier alpha value is -4.92. The van der Waals surface area contributed by atoms with Crippen LogP contribution in [0.2, 0.25) is 0 Å². The highest BCUT2D eigenvalue weighted by molar-refractivity contribution is 6.02. The van der Waals surface area contributed by atoms with Crippen molar-refractivity contribution in [1.82, 2.24) is 14.8 Å². The van der Waals surface area contributed by atoms with Gasteiger partial charge in [0.2, 0.25) is 0 Å². The third-order valence-corrected chi connectivity index (χ3v) is 5.33. The predicted octanol–water partition coefficient (Wildman–Crippen LogP) is 5.51. The van der Waals surface area contributed by atoms with Gasteiger partial charge in [0.15, 0.2) is 11.6 Å². The van der Waals surface area contributed by atoms with Crippen LogP contribution >= 0.6 is 0 Å². The number of methoxy groups -OCH3 is 1. The smallest absolute Gasteiger partial charge is 0.336 e. The number of aromatic nitrogens is 3. The topological polar surface area (TPSA) is 91.4 Å². The highest BCUT2D eigenvalue weighted by atomic mass is 19.1. The van der Waals surface area contributed by atoms with Gasteiger partial charge in [-0.25, -0.2) is 9.07 Å². The first-order chi connectivity index (χ1) is 17.6. The van der Waals surface area contributed by atoms with E-state index in [1.54, 1.807) is 48.2 Å². The Labute approximate surface area is 205 Å². The van der Waals surface area contributed by atoms with E-state index in [0.29, 0.717) is 22.9 Å². The molecule has 0 aliphatic carbocycles. The van der Waals surface area contributed by atoms with Crippen LogP contribution in [0.3, 0.4) is 0 Å². The van der Waals surface area contributed by atoms with E-state index in [0.717, 1.165) is 11.1 Å². The van der Waals surface area contributed by atoms with Gasteiger partial charge in [-0.1, -0.05) is 12.1 Å². The van der Waals surface area contributed by atoms with Crippen LogP contribution in [-0.4, -0.2) is 27.8 Å². The van der Waals surface area contributed by atoms with Crippen LogP contribution < -0.4 is 14.8 Å². The number of hydrogen-bond donors (Lipinski definition) is 1. The number of carbonyl (C=O) groups is 1. The fourth-order valence-electron chi connectivity index (χ4n) is 3.48. The van der Waals surface area contributed by atoms with Crippen LogP contribution in [0.4, 0.5) is 10.1 Å². The lowest BCUT2D eigenvalue weighted by Gasteiger charge is -2.08. The molecular weight excluding hydrogens is 463 g/mol. The third-order valence-electron chi connectivity index (χ3n) is 5.33. The first-order valence-corrected chi connectivity index (χ1v) is 11.0. The zero-order valence-electron chi connectivity index (χ0n) is 19.2. The van der Waals surface area contributed by atoms with Crippen LogP contribution in [0.15, 0.2) is 95.6 Å². The van der Waals surface area contributed by atoms with E-state index < -0.39 is 0 Å². The van der Waals surface area contributed by atoms with E-state index >= 15 is 0 Å². The zero-order chi connectivity index (χ0) is 24.9. The fraction of sp³-hybridized carbons (Fsp3) is 0.0741. The van der Waals surface area contributed by atoms with E-state index in [2.05, 4.69) is 15.4 Å². The predicted molar refractivity (Wildman–Crippen MR) is 131 cm³/mol. The summed E-state index contributed by atoms with van der Waals surface area (Å²) in [6, 6.07) is 24.0. The zero-order valence-corrected chi connectivity index (χ0v) is 19.2. The monoisotopic (exact) mass is 484 g/mol. The van der Waals surface area contributed by atoms with Crippen molar-refractivity contribution in [2.24, 2.45) is 0 Å². The molecule has 0 saturated carbocycles. The van der Waals surface area contributed by atoms with Gasteiger partial charge in [-0.3, -0.25) is 4.79 Å². The van der Waals surface area contributed by atoms with Gasteiger partial charge in [-0.05, 0) is 78.4 Å². The number of amides is 1. The molecule has 1 N–H and O–H groups in total. The molecule has 0 spiro atoms. The Morgan fingerprint density at radius 3 is 2.42 bits per heavy atom. The molecule has 0 unspecified atom stereocenters. The van der Waals surface area contributed by atoms with Gasteiger partial charge in [-0.15, -0.1) is 5.10 Å². The van der Waals surface area contributed by atoms with E-state index in [1.807, 2.05) is 36.4 Å². The minimum atomic E-state index is -0.344. The first-order valence-electron chi connectivity index (χ1n) is 11.0. The van der Waals surface area contributed by atoms with E-state index in [1.165, 1.54) is 18.4 Å². The van der Waals surface area contributed by atoms with Gasteiger partial charge in [0, 0.05) is 11.3 Å². The van der Waals surface area contributed by atoms with E-state index in [4.69, 9.17) is 13.9 Å². The number of hydrogen-bond acceptors (Lipinski definition) is 6. The molecule has 8 nitrogen and oxygen atoms in total. The van der Waals surface area contributed by atoms with Crippen molar-refractivity contribution in [3.05, 3.63) is 108 Å². The molecule has 5 rings (SSSR count). The Morgan fingerprint density at radius 2 is 1.75 bits per heavy atom. The highest BCUT2D eigenvalue weighted by Gasteiger charge is 2.16. The Kier molecular flexibility index (Phi) is 6.44. The molecule has 0 saturated heterocycles. The molecule has 3 aromatic carbocycles. The molecule has 180 valence electrons. The standard InChI is InChI=1S/C27H21FN4O4/c1-34-23-14-6-19(7-15-23)25-30-27(36-17-18-4-8-20(28)9-5-18)31-32(25)22-12-10-21(11-13-22)29-26(33)24-3-2-16-35-24/h2-16H,17H2,1H3,(H,29,33). The summed E-state index contributed by atoms with van der Waals surface area (Å²) >= 11 is 0. The molecule has 0 bridgehead atoms. The van der Waals surface area contributed by atoms with Crippen molar-refractivity contribution in [1.29, 1.82) is 0 Å². The summed E-state index contributed by atoms with van der Waals surface area (Å²) < 4.78 is 31.0. The lowest BCUT2D eigenvalue weighted by molar-refractivity contribution is 0.0996. The Balaban J connectivity index is 1.42. The Morgan fingerprint density at radius 1 is 1.00 bits per heavy atom. The number of carbonyl (C=O) groups excluding carboxylic acids is 1. The average Bonchev–Trinajstić information content (AvgIpc) is 3.60. The van der Waals surface area contributed by atoms with Crippen molar-refractivity contribution in [3.63, 3.8) is 0 Å². The first kappa shape index (κ1) is 22.9. The van der Waals surface area contributed by atoms with Gasteiger partial charge in [0.25, 0.3) is 5.91 Å². The molecule has 0 atom stereocenters. The van der Waals surface area contributed by atoms with Gasteiger partial charge >= 0.3 is 6.01 Å². The number of nitrogens with zero attached hydrogens (tertiary/aromatic N) is 3. The van der Waals surface area contributed by atoms with Crippen molar-refractivity contribution in [3.8, 4) is 28.8 Å². The maximum absolute atomic E-state index is 13.2. The lowest BCUT2D eigenvalue weighted by Crippen LogP contribution is -2.10. The molecule has 1 amide bonds. The second-order valence-corrected chi connectivity index (χ2v) is 7.75. The molecule has 0 radical (unpaired) electrons. The number of rotatable bonds is 8. The minimum absolute atomic E-state index is 0.167. The second-order valence-electron chi connectivity index (χ2n) is 7.75. The van der Waals surface area contributed by atoms with Gasteiger partial charge in [-0.2, -0.15) is 4.98 Å². The maximum atomic E-state index is 13.2. The van der Waals surface area contributed by atoms with Gasteiger partial charge in [0.1, 0.15) is 18.2 Å². The summed E-state index contributed by atoms with van der Waals surface area (Å²) in [6.45, 7) is 0.185. The van der Waals surface area contributed by atoms with Crippen LogP contribution in [-0.2, 0) is 6.61 Å². The largest absolute Gasteiger partial charge is 0.497 e. The highest BCUT2D eigenvalue weighted by Crippen LogP contribution is 2.26. The number of furan rings is 1. The molecular formula is C27H21FN4O4. The normalized spacial score (nSPS) is 10.7. The maximum Gasteiger partial charge on any atom is 0.336 e. The number of halogens is 1. The molecule has 2 aromatic heterocycles. The minimum Gasteiger partial charge on any atom is -0.497 e. The summed E-state index contributed by atoms with van der Waals surface area (Å²) in [5.74, 6) is 0.837. The van der Waals surface area contributed by atoms with Crippen LogP contribution in [0.25, 0.3) is 17.1 Å². The summed E-state index contributed by atoms with van der Waals surface area (Å²) in [5, 5.41) is 7.33. The van der Waals surface area contributed by atoms with E-state index in [9.17, 15) is 9.18 Å². The summed E-state index contributed by atoms with van der Waals surface area (Å²) in [5.41, 5.74) is 2.89. The van der Waals surface area contributed by atoms with Crippen molar-refractivity contribution >= 4 is 11.6 Å². The van der Waals surface area contributed by atoms with Crippen molar-refractivity contribution < 1.29 is 23.1 Å². The van der Waals surface area contributed by atoms with E-state index in [-0.39, 0.29) is 30.1 Å². The number of ether oxygens (including phenoxy) is 2. The molecule has 0 aliphatic heterocycles. The third kappa shape index (κ3) is 5.10. The summed E-state index contributed by atoms with van der Waals surface area (Å²) in [7, 11) is 1.60.